The quantitative estimate of drug-likeness (QED) is 0.733. The van der Waals surface area contributed by atoms with E-state index in [-0.39, 0.29) is 18.9 Å². The molecule has 0 radical (unpaired) electrons. The average Bonchev–Trinajstić information content (AvgIpc) is 3.28. The molecule has 25 heavy (non-hydrogen) atoms. The SMILES string of the molecule is O=C1NC(c2ccc3c(c2)OCO3)Nc2scc(-c3ccccc3)c21. The Hall–Kier alpha value is -2.99. The minimum atomic E-state index is -0.295. The number of carbonyl (C=O) groups excluding carboxylic acids is 1. The van der Waals surface area contributed by atoms with Crippen molar-refractivity contribution in [2.45, 2.75) is 6.17 Å². The molecule has 5 rings (SSSR count). The third kappa shape index (κ3) is 2.34. The number of hydrogen-bond acceptors (Lipinski definition) is 5. The fourth-order valence-electron chi connectivity index (χ4n) is 3.15. The second kappa shape index (κ2) is 5.53. The first kappa shape index (κ1) is 14.4. The van der Waals surface area contributed by atoms with Gasteiger partial charge in [-0.05, 0) is 23.3 Å². The Morgan fingerprint density at radius 2 is 1.84 bits per heavy atom. The number of thiophene rings is 1. The highest BCUT2D eigenvalue weighted by molar-refractivity contribution is 7.15. The van der Waals surface area contributed by atoms with E-state index >= 15 is 0 Å². The first-order valence-electron chi connectivity index (χ1n) is 7.93. The molecule has 0 aliphatic carbocycles. The summed E-state index contributed by atoms with van der Waals surface area (Å²) in [7, 11) is 0. The third-order valence-corrected chi connectivity index (χ3v) is 5.29. The summed E-state index contributed by atoms with van der Waals surface area (Å²) >= 11 is 1.55. The van der Waals surface area contributed by atoms with E-state index in [9.17, 15) is 4.79 Å². The molecule has 0 bridgehead atoms. The lowest BCUT2D eigenvalue weighted by atomic mass is 10.0. The highest BCUT2D eigenvalue weighted by Gasteiger charge is 2.30. The van der Waals surface area contributed by atoms with E-state index in [0.717, 1.165) is 27.4 Å². The molecule has 2 aliphatic rings. The predicted octanol–water partition coefficient (Wildman–Crippen LogP) is 4.00. The van der Waals surface area contributed by atoms with E-state index in [1.54, 1.807) is 11.3 Å². The van der Waals surface area contributed by atoms with Crippen LogP contribution < -0.4 is 20.1 Å². The molecule has 2 N–H and O–H groups in total. The summed E-state index contributed by atoms with van der Waals surface area (Å²) in [5.41, 5.74) is 3.62. The van der Waals surface area contributed by atoms with E-state index < -0.39 is 0 Å². The largest absolute Gasteiger partial charge is 0.454 e. The molecule has 3 aromatic rings. The molecule has 124 valence electrons. The number of carbonyl (C=O) groups is 1. The molecule has 0 spiro atoms. The second-order valence-corrected chi connectivity index (χ2v) is 6.76. The van der Waals surface area contributed by atoms with Crippen LogP contribution >= 0.6 is 11.3 Å². The fourth-order valence-corrected chi connectivity index (χ4v) is 4.15. The van der Waals surface area contributed by atoms with Crippen LogP contribution in [-0.2, 0) is 0 Å². The van der Waals surface area contributed by atoms with Crippen molar-refractivity contribution in [3.63, 3.8) is 0 Å². The van der Waals surface area contributed by atoms with Gasteiger partial charge in [-0.1, -0.05) is 36.4 Å². The van der Waals surface area contributed by atoms with Gasteiger partial charge in [-0.3, -0.25) is 4.79 Å². The van der Waals surface area contributed by atoms with Gasteiger partial charge >= 0.3 is 0 Å². The average molecular weight is 350 g/mol. The molecule has 0 saturated carbocycles. The first-order valence-corrected chi connectivity index (χ1v) is 8.81. The van der Waals surface area contributed by atoms with E-state index in [4.69, 9.17) is 9.47 Å². The number of amides is 1. The number of fused-ring (bicyclic) bond motifs is 2. The zero-order valence-electron chi connectivity index (χ0n) is 13.1. The van der Waals surface area contributed by atoms with Gasteiger partial charge in [-0.15, -0.1) is 11.3 Å². The van der Waals surface area contributed by atoms with Gasteiger partial charge < -0.3 is 20.1 Å². The summed E-state index contributed by atoms with van der Waals surface area (Å²) in [6.45, 7) is 0.235. The molecule has 1 unspecified atom stereocenters. The minimum absolute atomic E-state index is 0.0727. The van der Waals surface area contributed by atoms with E-state index in [2.05, 4.69) is 10.6 Å². The van der Waals surface area contributed by atoms with Gasteiger partial charge in [0.15, 0.2) is 11.5 Å². The molecular formula is C19H14N2O3S. The predicted molar refractivity (Wildman–Crippen MR) is 96.1 cm³/mol. The van der Waals surface area contributed by atoms with Crippen molar-refractivity contribution in [3.8, 4) is 22.6 Å². The molecule has 0 fully saturated rings. The number of nitrogens with one attached hydrogen (secondary N) is 2. The van der Waals surface area contributed by atoms with Crippen molar-refractivity contribution in [2.24, 2.45) is 0 Å². The van der Waals surface area contributed by atoms with Crippen LogP contribution in [0.25, 0.3) is 11.1 Å². The Labute approximate surface area is 148 Å². The van der Waals surface area contributed by atoms with Gasteiger partial charge in [0.2, 0.25) is 6.79 Å². The minimum Gasteiger partial charge on any atom is -0.454 e. The molecule has 0 saturated heterocycles. The smallest absolute Gasteiger partial charge is 0.256 e. The Balaban J connectivity index is 1.50. The Morgan fingerprint density at radius 1 is 1.00 bits per heavy atom. The summed E-state index contributed by atoms with van der Waals surface area (Å²) in [5.74, 6) is 1.36. The summed E-state index contributed by atoms with van der Waals surface area (Å²) in [6.07, 6.45) is -0.295. The van der Waals surface area contributed by atoms with Gasteiger partial charge in [-0.2, -0.15) is 0 Å². The maximum Gasteiger partial charge on any atom is 0.256 e. The number of rotatable bonds is 2. The molecular weight excluding hydrogens is 336 g/mol. The lowest BCUT2D eigenvalue weighted by Gasteiger charge is -2.26. The zero-order valence-corrected chi connectivity index (χ0v) is 13.9. The number of benzene rings is 2. The molecule has 6 heteroatoms. The maximum absolute atomic E-state index is 12.8. The summed E-state index contributed by atoms with van der Waals surface area (Å²) in [6, 6.07) is 15.6. The van der Waals surface area contributed by atoms with Crippen LogP contribution in [0.4, 0.5) is 5.00 Å². The highest BCUT2D eigenvalue weighted by Crippen LogP contribution is 2.41. The zero-order chi connectivity index (χ0) is 16.8. The van der Waals surface area contributed by atoms with E-state index in [1.807, 2.05) is 53.9 Å². The first-order chi connectivity index (χ1) is 12.3. The summed E-state index contributed by atoms with van der Waals surface area (Å²) in [5, 5.41) is 9.35. The molecule has 1 aromatic heterocycles. The normalized spacial score (nSPS) is 17.6. The number of ether oxygens (including phenoxy) is 2. The van der Waals surface area contributed by atoms with Crippen LogP contribution in [0.5, 0.6) is 11.5 Å². The molecule has 1 amide bonds. The lowest BCUT2D eigenvalue weighted by Crippen LogP contribution is -2.37. The van der Waals surface area contributed by atoms with Gasteiger partial charge in [0.05, 0.1) is 5.56 Å². The van der Waals surface area contributed by atoms with Crippen LogP contribution in [0.3, 0.4) is 0 Å². The van der Waals surface area contributed by atoms with Crippen LogP contribution in [0.2, 0.25) is 0 Å². The maximum atomic E-state index is 12.8. The van der Waals surface area contributed by atoms with E-state index in [0.29, 0.717) is 11.3 Å². The van der Waals surface area contributed by atoms with Crippen LogP contribution in [-0.4, -0.2) is 12.7 Å². The highest BCUT2D eigenvalue weighted by atomic mass is 32.1. The van der Waals surface area contributed by atoms with Crippen molar-refractivity contribution >= 4 is 22.2 Å². The summed E-state index contributed by atoms with van der Waals surface area (Å²) in [4.78, 5) is 12.8. The van der Waals surface area contributed by atoms with Crippen molar-refractivity contribution in [1.82, 2.24) is 5.32 Å². The fraction of sp³-hybridized carbons (Fsp3) is 0.105. The topological polar surface area (TPSA) is 59.6 Å². The molecule has 2 aromatic carbocycles. The van der Waals surface area contributed by atoms with Crippen molar-refractivity contribution in [1.29, 1.82) is 0 Å². The van der Waals surface area contributed by atoms with Crippen LogP contribution in [0.1, 0.15) is 22.1 Å². The number of anilines is 1. The van der Waals surface area contributed by atoms with Crippen molar-refractivity contribution < 1.29 is 14.3 Å². The van der Waals surface area contributed by atoms with E-state index in [1.165, 1.54) is 0 Å². The van der Waals surface area contributed by atoms with Crippen LogP contribution in [0, 0.1) is 0 Å². The van der Waals surface area contributed by atoms with Gasteiger partial charge in [0.25, 0.3) is 5.91 Å². The standard InChI is InChI=1S/C19H14N2O3S/c22-18-16-13(11-4-2-1-3-5-11)9-25-19(16)21-17(20-18)12-6-7-14-15(8-12)24-10-23-14/h1-9,17,21H,10H2,(H,20,22). The Morgan fingerprint density at radius 3 is 2.72 bits per heavy atom. The Bertz CT molecular complexity index is 968. The lowest BCUT2D eigenvalue weighted by molar-refractivity contribution is 0.0937. The molecule has 3 heterocycles. The van der Waals surface area contributed by atoms with Crippen molar-refractivity contribution in [2.75, 3.05) is 12.1 Å². The molecule has 2 aliphatic heterocycles. The monoisotopic (exact) mass is 350 g/mol. The molecule has 1 atom stereocenters. The van der Waals surface area contributed by atoms with Crippen molar-refractivity contribution in [3.05, 3.63) is 65.0 Å². The molecule has 5 nitrogen and oxygen atoms in total. The van der Waals surface area contributed by atoms with Gasteiger partial charge in [0.1, 0.15) is 11.2 Å². The second-order valence-electron chi connectivity index (χ2n) is 5.88. The van der Waals surface area contributed by atoms with Gasteiger partial charge in [-0.25, -0.2) is 0 Å². The van der Waals surface area contributed by atoms with Crippen LogP contribution in [0.15, 0.2) is 53.9 Å². The van der Waals surface area contributed by atoms with Gasteiger partial charge in [0, 0.05) is 10.9 Å². The number of hydrogen-bond donors (Lipinski definition) is 2. The summed E-state index contributed by atoms with van der Waals surface area (Å²) < 4.78 is 10.8. The Kier molecular flexibility index (Phi) is 3.18. The third-order valence-electron chi connectivity index (χ3n) is 4.38.